The Morgan fingerprint density at radius 3 is 1.33 bits per heavy atom. The fourth-order valence-electron chi connectivity index (χ4n) is 9.41. The summed E-state index contributed by atoms with van der Waals surface area (Å²) in [5.41, 5.74) is 20.5. The van der Waals surface area contributed by atoms with Crippen LogP contribution in [0.3, 0.4) is 0 Å². The van der Waals surface area contributed by atoms with Crippen LogP contribution in [-0.2, 0) is 16.4 Å². The fourth-order valence-corrected chi connectivity index (χ4v) is 9.41. The Kier molecular flexibility index (Phi) is 10.3. The summed E-state index contributed by atoms with van der Waals surface area (Å²) >= 11 is 0. The summed E-state index contributed by atoms with van der Waals surface area (Å²) in [6, 6.07) is 22.4. The third-order valence-electron chi connectivity index (χ3n) is 13.2. The van der Waals surface area contributed by atoms with E-state index in [1.54, 1.807) is 22.3 Å². The van der Waals surface area contributed by atoms with Crippen molar-refractivity contribution in [2.24, 2.45) is 29.4 Å². The molecule has 4 atom stereocenters. The average molecular weight is 620 g/mol. The second-order valence-corrected chi connectivity index (χ2v) is 16.1. The zero-order chi connectivity index (χ0) is 33.4. The van der Waals surface area contributed by atoms with Crippen LogP contribution in [0.15, 0.2) is 54.6 Å². The summed E-state index contributed by atoms with van der Waals surface area (Å²) in [5, 5.41) is 0. The van der Waals surface area contributed by atoms with Crippen molar-refractivity contribution in [1.82, 2.24) is 0 Å². The van der Waals surface area contributed by atoms with E-state index in [4.69, 9.17) is 5.73 Å². The highest BCUT2D eigenvalue weighted by Crippen LogP contribution is 2.62. The molecule has 0 spiro atoms. The maximum atomic E-state index is 7.15. The molecule has 3 aromatic carbocycles. The number of hydrogen-bond donors (Lipinski definition) is 1. The van der Waals surface area contributed by atoms with E-state index in [9.17, 15) is 0 Å². The molecule has 2 aliphatic carbocycles. The predicted octanol–water partition coefficient (Wildman–Crippen LogP) is 12.9. The number of hydrogen-bond acceptors (Lipinski definition) is 1. The molecule has 5 rings (SSSR count). The maximum Gasteiger partial charge on any atom is 0.0404 e. The number of fused-ring (bicyclic) bond motifs is 6. The van der Waals surface area contributed by atoms with Crippen LogP contribution in [-0.4, -0.2) is 0 Å². The van der Waals surface area contributed by atoms with E-state index in [1.165, 1.54) is 79.2 Å². The predicted molar refractivity (Wildman–Crippen MR) is 202 cm³/mol. The van der Waals surface area contributed by atoms with Crippen molar-refractivity contribution in [2.45, 2.75) is 150 Å². The van der Waals surface area contributed by atoms with Gasteiger partial charge in [0.25, 0.3) is 0 Å². The lowest BCUT2D eigenvalue weighted by atomic mass is 9.65. The van der Waals surface area contributed by atoms with Gasteiger partial charge in [-0.25, -0.2) is 0 Å². The van der Waals surface area contributed by atoms with E-state index in [0.717, 1.165) is 12.8 Å². The highest BCUT2D eigenvalue weighted by Gasteiger charge is 2.49. The monoisotopic (exact) mass is 620 g/mol. The second kappa shape index (κ2) is 13.6. The molecule has 2 aliphatic rings. The van der Waals surface area contributed by atoms with Crippen molar-refractivity contribution in [3.8, 4) is 22.3 Å². The van der Waals surface area contributed by atoms with Crippen LogP contribution in [0.4, 0.5) is 0 Å². The lowest BCUT2D eigenvalue weighted by Gasteiger charge is -2.39. The van der Waals surface area contributed by atoms with Crippen molar-refractivity contribution >= 4 is 0 Å². The third kappa shape index (κ3) is 5.71. The van der Waals surface area contributed by atoms with Crippen molar-refractivity contribution in [2.75, 3.05) is 0 Å². The van der Waals surface area contributed by atoms with Gasteiger partial charge in [-0.05, 0) is 124 Å². The minimum absolute atomic E-state index is 0.00341. The van der Waals surface area contributed by atoms with Gasteiger partial charge in [-0.2, -0.15) is 0 Å². The first-order valence-electron chi connectivity index (χ1n) is 19.2. The number of benzene rings is 3. The summed E-state index contributed by atoms with van der Waals surface area (Å²) in [7, 11) is 0. The van der Waals surface area contributed by atoms with E-state index in [-0.39, 0.29) is 16.4 Å². The van der Waals surface area contributed by atoms with Gasteiger partial charge in [0.05, 0.1) is 0 Å². The molecular weight excluding hydrogens is 555 g/mol. The first-order chi connectivity index (χ1) is 22.0. The Morgan fingerprint density at radius 1 is 0.500 bits per heavy atom. The SMILES string of the molecule is CCC(C)CC1(CC(C)CC)c2ccccc2-c2cc3c(cc21)-c1ccc(C(N)(CC)CC)cc1C3(CC(C)CC)CC(C)CC. The summed E-state index contributed by atoms with van der Waals surface area (Å²) in [6.07, 6.45) is 11.6. The van der Waals surface area contributed by atoms with Gasteiger partial charge in [0.2, 0.25) is 0 Å². The molecule has 0 saturated heterocycles. The Balaban J connectivity index is 1.87. The van der Waals surface area contributed by atoms with Gasteiger partial charge >= 0.3 is 0 Å². The zero-order valence-electron chi connectivity index (χ0n) is 31.2. The van der Waals surface area contributed by atoms with Crippen LogP contribution in [0.5, 0.6) is 0 Å². The van der Waals surface area contributed by atoms with Gasteiger partial charge in [-0.15, -0.1) is 0 Å². The zero-order valence-corrected chi connectivity index (χ0v) is 31.2. The Bertz CT molecular complexity index is 1480. The largest absolute Gasteiger partial charge is 0.321 e. The Hall–Kier alpha value is -2.38. The van der Waals surface area contributed by atoms with Crippen molar-refractivity contribution in [3.05, 3.63) is 82.4 Å². The van der Waals surface area contributed by atoms with E-state index >= 15 is 0 Å². The van der Waals surface area contributed by atoms with E-state index in [1.807, 2.05) is 0 Å². The Morgan fingerprint density at radius 2 is 0.891 bits per heavy atom. The van der Waals surface area contributed by atoms with Gasteiger partial charge in [-0.3, -0.25) is 0 Å². The van der Waals surface area contributed by atoms with Gasteiger partial charge < -0.3 is 5.73 Å². The highest BCUT2D eigenvalue weighted by atomic mass is 14.7. The van der Waals surface area contributed by atoms with Crippen molar-refractivity contribution < 1.29 is 0 Å². The second-order valence-electron chi connectivity index (χ2n) is 16.1. The van der Waals surface area contributed by atoms with Crippen LogP contribution in [0.2, 0.25) is 0 Å². The average Bonchev–Trinajstić information content (AvgIpc) is 3.48. The molecule has 250 valence electrons. The van der Waals surface area contributed by atoms with Crippen LogP contribution in [0.1, 0.15) is 161 Å². The summed E-state index contributed by atoms with van der Waals surface area (Å²) in [6.45, 7) is 24.0. The molecule has 1 heteroatoms. The lowest BCUT2D eigenvalue weighted by Crippen LogP contribution is -2.36. The van der Waals surface area contributed by atoms with Crippen molar-refractivity contribution in [3.63, 3.8) is 0 Å². The van der Waals surface area contributed by atoms with Crippen molar-refractivity contribution in [1.29, 1.82) is 0 Å². The van der Waals surface area contributed by atoms with E-state index in [2.05, 4.69) is 124 Å². The standard InChI is InChI=1S/C45H65N/c1-11-30(7)26-43(27-31(8)12-2)39-20-18-17-19-35(39)37-24-42-38(25-41(37)43)36-22-21-34(45(46,15-5)16-6)23-40(36)44(42,28-32(9)13-3)29-33(10)14-4/h17-25,30-33H,11-16,26-29,46H2,1-10H3. The number of rotatable bonds is 15. The fraction of sp³-hybridized carbons (Fsp3) is 0.600. The summed E-state index contributed by atoms with van der Waals surface area (Å²) < 4.78 is 0. The quantitative estimate of drug-likeness (QED) is 0.180. The first-order valence-corrected chi connectivity index (χ1v) is 19.2. The normalized spacial score (nSPS) is 22.5. The molecule has 0 aliphatic heterocycles. The first kappa shape index (κ1) is 34.9. The smallest absolute Gasteiger partial charge is 0.0404 e. The molecule has 0 heterocycles. The molecule has 3 aromatic rings. The van der Waals surface area contributed by atoms with Gasteiger partial charge in [0.1, 0.15) is 0 Å². The minimum atomic E-state index is -0.287. The lowest BCUT2D eigenvalue weighted by molar-refractivity contribution is 0.305. The van der Waals surface area contributed by atoms with E-state index < -0.39 is 0 Å². The summed E-state index contributed by atoms with van der Waals surface area (Å²) in [5.74, 6) is 2.62. The van der Waals surface area contributed by atoms with Gasteiger partial charge in [0.15, 0.2) is 0 Å². The van der Waals surface area contributed by atoms with Crippen LogP contribution >= 0.6 is 0 Å². The number of nitrogens with two attached hydrogens (primary N) is 1. The molecular formula is C45H65N. The van der Waals surface area contributed by atoms with E-state index in [0.29, 0.717) is 23.7 Å². The van der Waals surface area contributed by atoms with Gasteiger partial charge in [-0.1, -0.05) is 137 Å². The minimum Gasteiger partial charge on any atom is -0.321 e. The molecule has 0 saturated carbocycles. The summed E-state index contributed by atoms with van der Waals surface area (Å²) in [4.78, 5) is 0. The molecule has 1 nitrogen and oxygen atoms in total. The third-order valence-corrected chi connectivity index (χ3v) is 13.2. The topological polar surface area (TPSA) is 26.0 Å². The molecule has 2 N–H and O–H groups in total. The molecule has 0 fully saturated rings. The maximum absolute atomic E-state index is 7.15. The molecule has 0 radical (unpaired) electrons. The molecule has 0 bridgehead atoms. The Labute approximate surface area is 283 Å². The molecule has 0 aromatic heterocycles. The van der Waals surface area contributed by atoms with Crippen LogP contribution in [0, 0.1) is 23.7 Å². The van der Waals surface area contributed by atoms with Crippen LogP contribution < -0.4 is 5.73 Å². The molecule has 46 heavy (non-hydrogen) atoms. The molecule has 4 unspecified atom stereocenters. The molecule has 0 amide bonds. The highest BCUT2D eigenvalue weighted by molar-refractivity contribution is 5.90. The van der Waals surface area contributed by atoms with Crippen LogP contribution in [0.25, 0.3) is 22.3 Å². The van der Waals surface area contributed by atoms with Gasteiger partial charge in [0, 0.05) is 16.4 Å².